The van der Waals surface area contributed by atoms with Crippen LogP contribution in [0.15, 0.2) is 29.5 Å². The highest BCUT2D eigenvalue weighted by molar-refractivity contribution is 5.94. The molecule has 0 saturated heterocycles. The van der Waals surface area contributed by atoms with Crippen LogP contribution < -0.4 is 25.0 Å². The zero-order valence-corrected chi connectivity index (χ0v) is 15.7. The number of urea groups is 1. The minimum absolute atomic E-state index is 0.266. The van der Waals surface area contributed by atoms with Gasteiger partial charge in [-0.2, -0.15) is 0 Å². The van der Waals surface area contributed by atoms with E-state index in [0.29, 0.717) is 29.3 Å². The molecule has 0 saturated carbocycles. The van der Waals surface area contributed by atoms with E-state index in [0.717, 1.165) is 5.69 Å². The first-order valence-electron chi connectivity index (χ1n) is 8.32. The number of ether oxygens (including phenoxy) is 3. The summed E-state index contributed by atoms with van der Waals surface area (Å²) in [4.78, 5) is 26.0. The molecule has 1 aromatic rings. The van der Waals surface area contributed by atoms with Gasteiger partial charge in [0.1, 0.15) is 0 Å². The van der Waals surface area contributed by atoms with Gasteiger partial charge in [-0.15, -0.1) is 0 Å². The van der Waals surface area contributed by atoms with Gasteiger partial charge in [-0.3, -0.25) is 0 Å². The van der Waals surface area contributed by atoms with Crippen LogP contribution in [0, 0.1) is 0 Å². The van der Waals surface area contributed by atoms with E-state index < -0.39 is 12.0 Å². The number of hydrogen-bond donors (Lipinski definition) is 2. The molecule has 26 heavy (non-hydrogen) atoms. The van der Waals surface area contributed by atoms with E-state index in [4.69, 9.17) is 14.2 Å². The Kier molecular flexibility index (Phi) is 6.32. The lowest BCUT2D eigenvalue weighted by molar-refractivity contribution is -0.138. The van der Waals surface area contributed by atoms with E-state index in [1.807, 2.05) is 24.1 Å². The van der Waals surface area contributed by atoms with Crippen molar-refractivity contribution >= 4 is 17.7 Å². The highest BCUT2D eigenvalue weighted by Crippen LogP contribution is 2.31. The van der Waals surface area contributed by atoms with Gasteiger partial charge in [0, 0.05) is 18.8 Å². The molecule has 0 fully saturated rings. The van der Waals surface area contributed by atoms with Gasteiger partial charge in [0.2, 0.25) is 0 Å². The largest absolute Gasteiger partial charge is 0.493 e. The normalized spacial score (nSPS) is 16.5. The smallest absolute Gasteiger partial charge is 0.337 e. The summed E-state index contributed by atoms with van der Waals surface area (Å²) in [7, 11) is 5.00. The lowest BCUT2D eigenvalue weighted by Crippen LogP contribution is -2.51. The molecule has 8 nitrogen and oxygen atoms in total. The summed E-state index contributed by atoms with van der Waals surface area (Å²) in [6.07, 6.45) is 0. The number of nitrogens with one attached hydrogen (secondary N) is 2. The number of hydrogen-bond acceptors (Lipinski definition) is 6. The first-order chi connectivity index (χ1) is 12.4. The molecule has 1 aliphatic heterocycles. The van der Waals surface area contributed by atoms with Gasteiger partial charge < -0.3 is 29.7 Å². The number of nitrogens with zero attached hydrogens (tertiary/aromatic N) is 1. The zero-order valence-electron chi connectivity index (χ0n) is 15.7. The van der Waals surface area contributed by atoms with Crippen molar-refractivity contribution in [2.45, 2.75) is 19.9 Å². The van der Waals surface area contributed by atoms with E-state index in [1.165, 1.54) is 0 Å². The number of methoxy groups -OCH3 is 2. The molecule has 1 heterocycles. The molecule has 2 rings (SSSR count). The first kappa shape index (κ1) is 19.4. The van der Waals surface area contributed by atoms with Crippen molar-refractivity contribution in [3.8, 4) is 11.5 Å². The van der Waals surface area contributed by atoms with Crippen LogP contribution in [0.5, 0.6) is 11.5 Å². The second kappa shape index (κ2) is 8.46. The molecule has 1 aromatic carbocycles. The Balaban J connectivity index is 2.31. The molecule has 0 radical (unpaired) electrons. The number of carbonyl (C=O) groups excluding carboxylic acids is 2. The van der Waals surface area contributed by atoms with Crippen molar-refractivity contribution in [2.75, 3.05) is 39.3 Å². The number of benzene rings is 1. The molecule has 1 atom stereocenters. The maximum Gasteiger partial charge on any atom is 0.337 e. The predicted octanol–water partition coefficient (Wildman–Crippen LogP) is 1.66. The van der Waals surface area contributed by atoms with Crippen LogP contribution >= 0.6 is 0 Å². The van der Waals surface area contributed by atoms with Crippen LogP contribution in [-0.2, 0) is 9.53 Å². The third-order valence-electron chi connectivity index (χ3n) is 4.07. The Bertz CT molecular complexity index is 717. The van der Waals surface area contributed by atoms with Crippen LogP contribution in [0.1, 0.15) is 13.8 Å². The molecule has 0 aliphatic carbocycles. The van der Waals surface area contributed by atoms with Gasteiger partial charge in [0.15, 0.2) is 11.5 Å². The summed E-state index contributed by atoms with van der Waals surface area (Å²) in [5, 5.41) is 5.40. The van der Waals surface area contributed by atoms with Crippen LogP contribution in [-0.4, -0.2) is 52.5 Å². The number of likely N-dealkylation sites (N-methyl/N-ethyl adjacent to an activating group) is 1. The third kappa shape index (κ3) is 4.19. The van der Waals surface area contributed by atoms with Crippen LogP contribution in [0.3, 0.4) is 0 Å². The minimum Gasteiger partial charge on any atom is -0.493 e. The minimum atomic E-state index is -0.441. The molecule has 142 valence electrons. The van der Waals surface area contributed by atoms with E-state index in [2.05, 4.69) is 10.6 Å². The lowest BCUT2D eigenvalue weighted by Gasteiger charge is -2.30. The second-order valence-electron chi connectivity index (χ2n) is 5.83. The number of amides is 2. The van der Waals surface area contributed by atoms with E-state index >= 15 is 0 Å². The summed E-state index contributed by atoms with van der Waals surface area (Å²) in [6, 6.07) is 4.72. The summed E-state index contributed by atoms with van der Waals surface area (Å²) >= 11 is 0. The molecule has 1 aliphatic rings. The van der Waals surface area contributed by atoms with E-state index in [-0.39, 0.29) is 12.6 Å². The Morgan fingerprint density at radius 1 is 1.23 bits per heavy atom. The Morgan fingerprint density at radius 2 is 1.92 bits per heavy atom. The topological polar surface area (TPSA) is 89.1 Å². The summed E-state index contributed by atoms with van der Waals surface area (Å²) in [5.74, 6) is 0.780. The van der Waals surface area contributed by atoms with Gasteiger partial charge in [-0.05, 0) is 26.0 Å². The zero-order chi connectivity index (χ0) is 19.3. The van der Waals surface area contributed by atoms with Gasteiger partial charge in [0.05, 0.1) is 44.7 Å². The van der Waals surface area contributed by atoms with E-state index in [1.54, 1.807) is 34.1 Å². The van der Waals surface area contributed by atoms with Gasteiger partial charge >= 0.3 is 12.0 Å². The van der Waals surface area contributed by atoms with E-state index in [9.17, 15) is 9.59 Å². The SMILES string of the molecule is CCOC(=O)C1=C(CN(C)c2ccc(OC)c(OC)c2)NC(=O)NC1C. The van der Waals surface area contributed by atoms with Gasteiger partial charge in [-0.25, -0.2) is 9.59 Å². The van der Waals surface area contributed by atoms with Crippen molar-refractivity contribution in [3.05, 3.63) is 29.5 Å². The van der Waals surface area contributed by atoms with Crippen LogP contribution in [0.4, 0.5) is 10.5 Å². The fourth-order valence-corrected chi connectivity index (χ4v) is 2.79. The second-order valence-corrected chi connectivity index (χ2v) is 5.83. The molecular weight excluding hydrogens is 338 g/mol. The average Bonchev–Trinajstić information content (AvgIpc) is 2.60. The Labute approximate surface area is 153 Å². The van der Waals surface area contributed by atoms with Crippen molar-refractivity contribution in [3.63, 3.8) is 0 Å². The number of carbonyl (C=O) groups is 2. The predicted molar refractivity (Wildman–Crippen MR) is 97.6 cm³/mol. The van der Waals surface area contributed by atoms with Crippen LogP contribution in [0.2, 0.25) is 0 Å². The average molecular weight is 363 g/mol. The van der Waals surface area contributed by atoms with Gasteiger partial charge in [-0.1, -0.05) is 0 Å². The molecule has 1 unspecified atom stereocenters. The Morgan fingerprint density at radius 3 is 2.54 bits per heavy atom. The molecule has 8 heteroatoms. The fourth-order valence-electron chi connectivity index (χ4n) is 2.79. The molecule has 0 bridgehead atoms. The van der Waals surface area contributed by atoms with Gasteiger partial charge in [0.25, 0.3) is 0 Å². The quantitative estimate of drug-likeness (QED) is 0.716. The number of esters is 1. The highest BCUT2D eigenvalue weighted by atomic mass is 16.5. The van der Waals surface area contributed by atoms with Crippen molar-refractivity contribution in [1.29, 1.82) is 0 Å². The molecule has 2 amide bonds. The fraction of sp³-hybridized carbons (Fsp3) is 0.444. The van der Waals surface area contributed by atoms with Crippen molar-refractivity contribution < 1.29 is 23.8 Å². The number of anilines is 1. The number of rotatable bonds is 7. The van der Waals surface area contributed by atoms with Crippen LogP contribution in [0.25, 0.3) is 0 Å². The summed E-state index contributed by atoms with van der Waals surface area (Å²) in [5.41, 5.74) is 1.77. The maximum atomic E-state index is 12.3. The Hall–Kier alpha value is -2.90. The first-order valence-corrected chi connectivity index (χ1v) is 8.32. The highest BCUT2D eigenvalue weighted by Gasteiger charge is 2.30. The summed E-state index contributed by atoms with van der Waals surface area (Å²) < 4.78 is 15.7. The molecular formula is C18H25N3O5. The lowest BCUT2D eigenvalue weighted by atomic mass is 10.0. The molecule has 0 spiro atoms. The maximum absolute atomic E-state index is 12.3. The molecule has 0 aromatic heterocycles. The van der Waals surface area contributed by atoms with Crippen molar-refractivity contribution in [1.82, 2.24) is 10.6 Å². The summed E-state index contributed by atoms with van der Waals surface area (Å²) in [6.45, 7) is 4.08. The third-order valence-corrected chi connectivity index (χ3v) is 4.07. The standard InChI is InChI=1S/C18H25N3O5/c1-6-26-17(22)16-11(2)19-18(23)20-13(16)10-21(3)12-7-8-14(24-4)15(9-12)25-5/h7-9,11H,6,10H2,1-5H3,(H2,19,20,23). The monoisotopic (exact) mass is 363 g/mol. The molecule has 2 N–H and O–H groups in total. The van der Waals surface area contributed by atoms with Crippen molar-refractivity contribution in [2.24, 2.45) is 0 Å².